The highest BCUT2D eigenvalue weighted by atomic mass is 32.2. The van der Waals surface area contributed by atoms with Crippen LogP contribution in [0.3, 0.4) is 0 Å². The molecule has 0 heterocycles. The third kappa shape index (κ3) is 7.65. The molecule has 0 saturated heterocycles. The first-order chi connectivity index (χ1) is 9.74. The molecule has 0 atom stereocenters. The fourth-order valence-electron chi connectivity index (χ4n) is 1.47. The van der Waals surface area contributed by atoms with Crippen molar-refractivity contribution in [2.75, 3.05) is 45.9 Å². The molecule has 0 aliphatic heterocycles. The molecular formula is C15H22O4S. The van der Waals surface area contributed by atoms with Gasteiger partial charge in [-0.3, -0.25) is 4.79 Å². The molecule has 0 aromatic heterocycles. The summed E-state index contributed by atoms with van der Waals surface area (Å²) in [5.41, 5.74) is 0.749. The molecule has 1 rings (SSSR count). The number of thioether (sulfide) groups is 1. The lowest BCUT2D eigenvalue weighted by Gasteiger charge is -2.06. The summed E-state index contributed by atoms with van der Waals surface area (Å²) >= 11 is 1.72. The Morgan fingerprint density at radius 1 is 1.00 bits per heavy atom. The molecule has 4 nitrogen and oxygen atoms in total. The summed E-state index contributed by atoms with van der Waals surface area (Å²) in [4.78, 5) is 12.3. The first-order valence-electron chi connectivity index (χ1n) is 6.62. The Morgan fingerprint density at radius 3 is 2.20 bits per heavy atom. The predicted octanol–water partition coefficient (Wildman–Crippen LogP) is 2.66. The first kappa shape index (κ1) is 17.2. The average molecular weight is 298 g/mol. The molecule has 1 aromatic carbocycles. The fraction of sp³-hybridized carbons (Fsp3) is 0.533. The van der Waals surface area contributed by atoms with Crippen LogP contribution in [0.4, 0.5) is 0 Å². The zero-order valence-corrected chi connectivity index (χ0v) is 12.9. The van der Waals surface area contributed by atoms with Gasteiger partial charge in [0.2, 0.25) is 0 Å². The Kier molecular flexibility index (Phi) is 9.32. The minimum Gasteiger partial charge on any atom is -0.382 e. The molecule has 0 aliphatic carbocycles. The normalized spacial score (nSPS) is 10.7. The van der Waals surface area contributed by atoms with Crippen molar-refractivity contribution in [2.45, 2.75) is 11.8 Å². The summed E-state index contributed by atoms with van der Waals surface area (Å²) < 4.78 is 15.6. The van der Waals surface area contributed by atoms with Gasteiger partial charge in [-0.1, -0.05) is 12.1 Å². The van der Waals surface area contributed by atoms with Crippen molar-refractivity contribution < 1.29 is 19.0 Å². The second-order valence-corrected chi connectivity index (χ2v) is 5.31. The van der Waals surface area contributed by atoms with Crippen molar-refractivity contribution in [1.82, 2.24) is 0 Å². The van der Waals surface area contributed by atoms with Crippen LogP contribution in [0.1, 0.15) is 17.3 Å². The number of benzene rings is 1. The van der Waals surface area contributed by atoms with E-state index in [9.17, 15) is 4.79 Å². The highest BCUT2D eigenvalue weighted by Crippen LogP contribution is 2.18. The van der Waals surface area contributed by atoms with E-state index >= 15 is 0 Å². The van der Waals surface area contributed by atoms with Crippen molar-refractivity contribution in [2.24, 2.45) is 0 Å². The van der Waals surface area contributed by atoms with Crippen LogP contribution in [0.2, 0.25) is 0 Å². The quantitative estimate of drug-likeness (QED) is 0.357. The maximum absolute atomic E-state index is 11.1. The molecular weight excluding hydrogens is 276 g/mol. The highest BCUT2D eigenvalue weighted by Gasteiger charge is 1.99. The van der Waals surface area contributed by atoms with Crippen LogP contribution in [-0.2, 0) is 14.2 Å². The SMILES string of the molecule is COCCOCCOCCSc1ccc(C(C)=O)cc1. The highest BCUT2D eigenvalue weighted by molar-refractivity contribution is 7.99. The summed E-state index contributed by atoms with van der Waals surface area (Å²) in [5.74, 6) is 0.982. The van der Waals surface area contributed by atoms with Gasteiger partial charge >= 0.3 is 0 Å². The number of carbonyl (C=O) groups is 1. The summed E-state index contributed by atoms with van der Waals surface area (Å²) in [6.07, 6.45) is 0. The molecule has 1 aromatic rings. The summed E-state index contributed by atoms with van der Waals surface area (Å²) in [6, 6.07) is 7.65. The Labute approximate surface area is 124 Å². The van der Waals surface area contributed by atoms with Crippen molar-refractivity contribution >= 4 is 17.5 Å². The van der Waals surface area contributed by atoms with Gasteiger partial charge in [0, 0.05) is 23.3 Å². The zero-order chi connectivity index (χ0) is 14.6. The minimum absolute atomic E-state index is 0.0957. The molecule has 0 saturated carbocycles. The third-order valence-electron chi connectivity index (χ3n) is 2.56. The molecule has 0 amide bonds. The second kappa shape index (κ2) is 10.9. The maximum Gasteiger partial charge on any atom is 0.159 e. The van der Waals surface area contributed by atoms with Crippen molar-refractivity contribution in [1.29, 1.82) is 0 Å². The third-order valence-corrected chi connectivity index (χ3v) is 3.54. The number of rotatable bonds is 11. The van der Waals surface area contributed by atoms with E-state index in [4.69, 9.17) is 14.2 Å². The van der Waals surface area contributed by atoms with Gasteiger partial charge in [0.1, 0.15) is 0 Å². The van der Waals surface area contributed by atoms with Gasteiger partial charge in [-0.25, -0.2) is 0 Å². The molecule has 0 N–H and O–H groups in total. The second-order valence-electron chi connectivity index (χ2n) is 4.15. The van der Waals surface area contributed by atoms with Gasteiger partial charge in [0.05, 0.1) is 33.0 Å². The van der Waals surface area contributed by atoms with E-state index in [0.29, 0.717) is 33.0 Å². The van der Waals surface area contributed by atoms with E-state index in [0.717, 1.165) is 16.2 Å². The number of ether oxygens (including phenoxy) is 3. The van der Waals surface area contributed by atoms with E-state index in [2.05, 4.69) is 0 Å². The number of ketones is 1. The smallest absolute Gasteiger partial charge is 0.159 e. The largest absolute Gasteiger partial charge is 0.382 e. The lowest BCUT2D eigenvalue weighted by Crippen LogP contribution is -2.09. The van der Waals surface area contributed by atoms with E-state index in [-0.39, 0.29) is 5.78 Å². The Balaban J connectivity index is 2.02. The van der Waals surface area contributed by atoms with E-state index in [1.807, 2.05) is 24.3 Å². The van der Waals surface area contributed by atoms with Crippen LogP contribution >= 0.6 is 11.8 Å². The average Bonchev–Trinajstić information content (AvgIpc) is 2.46. The summed E-state index contributed by atoms with van der Waals surface area (Å²) in [5, 5.41) is 0. The zero-order valence-electron chi connectivity index (χ0n) is 12.1. The van der Waals surface area contributed by atoms with Crippen LogP contribution in [0.15, 0.2) is 29.2 Å². The van der Waals surface area contributed by atoms with Crippen LogP contribution in [0.25, 0.3) is 0 Å². The lowest BCUT2D eigenvalue weighted by molar-refractivity contribution is 0.0286. The summed E-state index contributed by atoms with van der Waals surface area (Å²) in [6.45, 7) is 4.69. The van der Waals surface area contributed by atoms with Gasteiger partial charge in [0.25, 0.3) is 0 Å². The molecule has 0 spiro atoms. The predicted molar refractivity (Wildman–Crippen MR) is 80.7 cm³/mol. The molecule has 0 fully saturated rings. The lowest BCUT2D eigenvalue weighted by atomic mass is 10.2. The Bertz CT molecular complexity index is 378. The van der Waals surface area contributed by atoms with Crippen LogP contribution in [-0.4, -0.2) is 51.7 Å². The number of carbonyl (C=O) groups excluding carboxylic acids is 1. The molecule has 0 aliphatic rings. The minimum atomic E-state index is 0.0957. The van der Waals surface area contributed by atoms with Crippen LogP contribution < -0.4 is 0 Å². The molecule has 5 heteroatoms. The first-order valence-corrected chi connectivity index (χ1v) is 7.61. The molecule has 112 valence electrons. The van der Waals surface area contributed by atoms with Crippen LogP contribution in [0.5, 0.6) is 0 Å². The fourth-order valence-corrected chi connectivity index (χ4v) is 2.23. The van der Waals surface area contributed by atoms with E-state index in [1.165, 1.54) is 0 Å². The van der Waals surface area contributed by atoms with Gasteiger partial charge in [-0.2, -0.15) is 0 Å². The topological polar surface area (TPSA) is 44.8 Å². The van der Waals surface area contributed by atoms with Gasteiger partial charge in [0.15, 0.2) is 5.78 Å². The Hall–Kier alpha value is -0.880. The molecule has 0 bridgehead atoms. The van der Waals surface area contributed by atoms with Crippen LogP contribution in [0, 0.1) is 0 Å². The van der Waals surface area contributed by atoms with Gasteiger partial charge in [-0.05, 0) is 19.1 Å². The monoisotopic (exact) mass is 298 g/mol. The van der Waals surface area contributed by atoms with Gasteiger partial charge < -0.3 is 14.2 Å². The number of hydrogen-bond donors (Lipinski definition) is 0. The summed E-state index contributed by atoms with van der Waals surface area (Å²) in [7, 11) is 1.65. The maximum atomic E-state index is 11.1. The van der Waals surface area contributed by atoms with E-state index in [1.54, 1.807) is 25.8 Å². The molecule has 20 heavy (non-hydrogen) atoms. The van der Waals surface area contributed by atoms with Crippen molar-refractivity contribution in [3.63, 3.8) is 0 Å². The number of methoxy groups -OCH3 is 1. The van der Waals surface area contributed by atoms with E-state index < -0.39 is 0 Å². The standard InChI is InChI=1S/C15H22O4S/c1-13(16)14-3-5-15(6-4-14)20-12-11-19-10-9-18-8-7-17-2/h3-6H,7-12H2,1-2H3. The number of hydrogen-bond acceptors (Lipinski definition) is 5. The molecule has 0 unspecified atom stereocenters. The Morgan fingerprint density at radius 2 is 1.60 bits per heavy atom. The van der Waals surface area contributed by atoms with Crippen molar-refractivity contribution in [3.8, 4) is 0 Å². The molecule has 0 radical (unpaired) electrons. The van der Waals surface area contributed by atoms with Crippen molar-refractivity contribution in [3.05, 3.63) is 29.8 Å². The van der Waals surface area contributed by atoms with Gasteiger partial charge in [-0.15, -0.1) is 11.8 Å². The number of Topliss-reactive ketones (excluding diaryl/α,β-unsaturated/α-hetero) is 1.